The van der Waals surface area contributed by atoms with Gasteiger partial charge in [0.15, 0.2) is 11.5 Å². The van der Waals surface area contributed by atoms with E-state index >= 15 is 0 Å². The predicted molar refractivity (Wildman–Crippen MR) is 89.1 cm³/mol. The Balaban J connectivity index is 1.80. The molecule has 0 aromatic heterocycles. The minimum absolute atomic E-state index is 0.200. The van der Waals surface area contributed by atoms with Gasteiger partial charge in [0.2, 0.25) is 0 Å². The van der Waals surface area contributed by atoms with E-state index in [1.165, 1.54) is 0 Å². The van der Waals surface area contributed by atoms with Crippen LogP contribution in [-0.2, 0) is 0 Å². The lowest BCUT2D eigenvalue weighted by atomic mass is 10.2. The molecule has 1 aliphatic heterocycles. The van der Waals surface area contributed by atoms with Gasteiger partial charge in [-0.25, -0.2) is 0 Å². The van der Waals surface area contributed by atoms with Gasteiger partial charge in [0.05, 0.1) is 6.61 Å². The van der Waals surface area contributed by atoms with Crippen LogP contribution >= 0.6 is 15.9 Å². The van der Waals surface area contributed by atoms with Crippen molar-refractivity contribution < 1.29 is 14.2 Å². The standard InChI is InChI=1S/C17H18BrNO3/c1-2-20-13-4-3-5-14(9-13)21-16-7-6-12(18)8-17(16)22-15-10-19-11-15/h3-9,15,19H,2,10-11H2,1H3. The van der Waals surface area contributed by atoms with E-state index < -0.39 is 0 Å². The molecule has 22 heavy (non-hydrogen) atoms. The monoisotopic (exact) mass is 363 g/mol. The number of rotatable bonds is 6. The van der Waals surface area contributed by atoms with Crippen molar-refractivity contribution in [2.75, 3.05) is 19.7 Å². The normalized spacial score (nSPS) is 14.3. The molecular formula is C17H18BrNO3. The number of hydrogen-bond donors (Lipinski definition) is 1. The first-order valence-corrected chi connectivity index (χ1v) is 8.11. The van der Waals surface area contributed by atoms with Gasteiger partial charge in [0.1, 0.15) is 17.6 Å². The lowest BCUT2D eigenvalue weighted by Crippen LogP contribution is -2.50. The quantitative estimate of drug-likeness (QED) is 0.842. The number of ether oxygens (including phenoxy) is 3. The molecule has 2 aromatic rings. The highest BCUT2D eigenvalue weighted by molar-refractivity contribution is 9.10. The molecule has 0 bridgehead atoms. The third kappa shape index (κ3) is 3.72. The van der Waals surface area contributed by atoms with Gasteiger partial charge in [-0.1, -0.05) is 22.0 Å². The van der Waals surface area contributed by atoms with Crippen LogP contribution in [0.5, 0.6) is 23.0 Å². The van der Waals surface area contributed by atoms with Gasteiger partial charge < -0.3 is 19.5 Å². The van der Waals surface area contributed by atoms with Gasteiger partial charge in [0.25, 0.3) is 0 Å². The summed E-state index contributed by atoms with van der Waals surface area (Å²) in [4.78, 5) is 0. The van der Waals surface area contributed by atoms with Crippen LogP contribution in [0.3, 0.4) is 0 Å². The van der Waals surface area contributed by atoms with Crippen molar-refractivity contribution >= 4 is 15.9 Å². The first-order chi connectivity index (χ1) is 10.7. The molecule has 1 fully saturated rings. The van der Waals surface area contributed by atoms with E-state index in [9.17, 15) is 0 Å². The summed E-state index contributed by atoms with van der Waals surface area (Å²) >= 11 is 3.47. The molecular weight excluding hydrogens is 346 g/mol. The molecule has 0 aliphatic carbocycles. The van der Waals surface area contributed by atoms with Crippen molar-refractivity contribution in [3.63, 3.8) is 0 Å². The molecule has 116 valence electrons. The summed E-state index contributed by atoms with van der Waals surface area (Å²) in [6, 6.07) is 13.4. The average molecular weight is 364 g/mol. The van der Waals surface area contributed by atoms with E-state index in [1.54, 1.807) is 0 Å². The molecule has 1 saturated heterocycles. The number of hydrogen-bond acceptors (Lipinski definition) is 4. The third-order valence-electron chi connectivity index (χ3n) is 3.29. The summed E-state index contributed by atoms with van der Waals surface area (Å²) in [5, 5.41) is 3.19. The fourth-order valence-electron chi connectivity index (χ4n) is 2.10. The summed E-state index contributed by atoms with van der Waals surface area (Å²) in [5.41, 5.74) is 0. The van der Waals surface area contributed by atoms with Gasteiger partial charge in [-0.15, -0.1) is 0 Å². The zero-order chi connectivity index (χ0) is 15.4. The molecule has 0 saturated carbocycles. The van der Waals surface area contributed by atoms with Crippen molar-refractivity contribution in [1.29, 1.82) is 0 Å². The molecule has 1 heterocycles. The molecule has 0 amide bonds. The van der Waals surface area contributed by atoms with Crippen molar-refractivity contribution in [2.45, 2.75) is 13.0 Å². The smallest absolute Gasteiger partial charge is 0.169 e. The first-order valence-electron chi connectivity index (χ1n) is 7.32. The van der Waals surface area contributed by atoms with E-state index in [0.29, 0.717) is 12.4 Å². The minimum Gasteiger partial charge on any atom is -0.494 e. The van der Waals surface area contributed by atoms with Crippen LogP contribution in [0.4, 0.5) is 0 Å². The Labute approximate surface area is 138 Å². The van der Waals surface area contributed by atoms with Gasteiger partial charge in [0, 0.05) is 23.6 Å². The lowest BCUT2D eigenvalue weighted by molar-refractivity contribution is 0.138. The van der Waals surface area contributed by atoms with Crippen molar-refractivity contribution in [3.05, 3.63) is 46.9 Å². The Hall–Kier alpha value is -1.72. The van der Waals surface area contributed by atoms with Crippen LogP contribution in [0.1, 0.15) is 6.92 Å². The second kappa shape index (κ2) is 7.03. The summed E-state index contributed by atoms with van der Waals surface area (Å²) in [6.07, 6.45) is 0.200. The van der Waals surface area contributed by atoms with Gasteiger partial charge in [-0.05, 0) is 37.3 Å². The van der Waals surface area contributed by atoms with Gasteiger partial charge in [-0.3, -0.25) is 0 Å². The Bertz CT molecular complexity index is 644. The van der Waals surface area contributed by atoms with E-state index in [-0.39, 0.29) is 6.10 Å². The molecule has 1 aliphatic rings. The van der Waals surface area contributed by atoms with E-state index in [2.05, 4.69) is 21.2 Å². The Morgan fingerprint density at radius 1 is 1.09 bits per heavy atom. The SMILES string of the molecule is CCOc1cccc(Oc2ccc(Br)cc2OC2CNC2)c1. The lowest BCUT2D eigenvalue weighted by Gasteiger charge is -2.28. The summed E-state index contributed by atoms with van der Waals surface area (Å²) in [6.45, 7) is 4.32. The van der Waals surface area contributed by atoms with E-state index in [4.69, 9.17) is 14.2 Å². The van der Waals surface area contributed by atoms with Crippen LogP contribution in [0.15, 0.2) is 46.9 Å². The molecule has 1 N–H and O–H groups in total. The van der Waals surface area contributed by atoms with Crippen LogP contribution < -0.4 is 19.5 Å². The maximum Gasteiger partial charge on any atom is 0.169 e. The van der Waals surface area contributed by atoms with E-state index in [1.807, 2.05) is 49.4 Å². The van der Waals surface area contributed by atoms with Crippen LogP contribution in [0, 0.1) is 0 Å². The van der Waals surface area contributed by atoms with Gasteiger partial charge >= 0.3 is 0 Å². The molecule has 0 radical (unpaired) electrons. The number of benzene rings is 2. The van der Waals surface area contributed by atoms with Crippen molar-refractivity contribution in [2.24, 2.45) is 0 Å². The zero-order valence-electron chi connectivity index (χ0n) is 12.3. The molecule has 4 nitrogen and oxygen atoms in total. The molecule has 0 atom stereocenters. The Morgan fingerprint density at radius 2 is 1.91 bits per heavy atom. The third-order valence-corrected chi connectivity index (χ3v) is 3.78. The summed E-state index contributed by atoms with van der Waals surface area (Å²) < 4.78 is 18.4. The highest BCUT2D eigenvalue weighted by Crippen LogP contribution is 2.35. The topological polar surface area (TPSA) is 39.7 Å². The largest absolute Gasteiger partial charge is 0.494 e. The molecule has 3 rings (SSSR count). The maximum atomic E-state index is 5.97. The number of nitrogens with one attached hydrogen (secondary N) is 1. The summed E-state index contributed by atoms with van der Waals surface area (Å²) in [7, 11) is 0. The molecule has 5 heteroatoms. The maximum absolute atomic E-state index is 5.97. The molecule has 0 spiro atoms. The molecule has 2 aromatic carbocycles. The minimum atomic E-state index is 0.200. The number of halogens is 1. The fraction of sp³-hybridized carbons (Fsp3) is 0.294. The first kappa shape index (κ1) is 15.2. The highest BCUT2D eigenvalue weighted by Gasteiger charge is 2.20. The molecule has 0 unspecified atom stereocenters. The Morgan fingerprint density at radius 3 is 2.64 bits per heavy atom. The predicted octanol–water partition coefficient (Wildman–Crippen LogP) is 3.99. The van der Waals surface area contributed by atoms with Crippen LogP contribution in [0.2, 0.25) is 0 Å². The summed E-state index contributed by atoms with van der Waals surface area (Å²) in [5.74, 6) is 2.96. The van der Waals surface area contributed by atoms with Crippen LogP contribution in [0.25, 0.3) is 0 Å². The van der Waals surface area contributed by atoms with Crippen molar-refractivity contribution in [1.82, 2.24) is 5.32 Å². The van der Waals surface area contributed by atoms with Crippen LogP contribution in [-0.4, -0.2) is 25.8 Å². The zero-order valence-corrected chi connectivity index (χ0v) is 13.9. The van der Waals surface area contributed by atoms with E-state index in [0.717, 1.165) is 34.8 Å². The fourth-order valence-corrected chi connectivity index (χ4v) is 2.44. The average Bonchev–Trinajstić information content (AvgIpc) is 2.46. The Kier molecular flexibility index (Phi) is 4.85. The van der Waals surface area contributed by atoms with Crippen molar-refractivity contribution in [3.8, 4) is 23.0 Å². The second-order valence-corrected chi connectivity index (χ2v) is 5.91. The second-order valence-electron chi connectivity index (χ2n) is 5.00. The highest BCUT2D eigenvalue weighted by atomic mass is 79.9. The van der Waals surface area contributed by atoms with Gasteiger partial charge in [-0.2, -0.15) is 0 Å².